The molecule has 1 N–H and O–H groups in total. The van der Waals surface area contributed by atoms with Crippen LogP contribution in [0.4, 0.5) is 0 Å². The third-order valence-electron chi connectivity index (χ3n) is 4.27. The predicted molar refractivity (Wildman–Crippen MR) is 84.1 cm³/mol. The van der Waals surface area contributed by atoms with Crippen molar-refractivity contribution in [3.05, 3.63) is 59.5 Å². The second-order valence-electron chi connectivity index (χ2n) is 5.76. The number of carboxylic acid groups (broad SMARTS) is 1. The van der Waals surface area contributed by atoms with Crippen LogP contribution in [0.15, 0.2) is 47.1 Å². The first kappa shape index (κ1) is 15.3. The fourth-order valence-corrected chi connectivity index (χ4v) is 3.05. The van der Waals surface area contributed by atoms with E-state index in [0.717, 1.165) is 30.7 Å². The van der Waals surface area contributed by atoms with Gasteiger partial charge in [-0.3, -0.25) is 4.79 Å². The van der Waals surface area contributed by atoms with Gasteiger partial charge < -0.3 is 14.4 Å². The number of furan rings is 1. The number of likely N-dealkylation sites (tertiary alicyclic amines) is 1. The van der Waals surface area contributed by atoms with E-state index in [1.54, 1.807) is 30.5 Å². The lowest BCUT2D eigenvalue weighted by Gasteiger charge is -2.23. The zero-order valence-corrected chi connectivity index (χ0v) is 12.8. The van der Waals surface area contributed by atoms with Gasteiger partial charge in [0.2, 0.25) is 5.91 Å². The Morgan fingerprint density at radius 3 is 2.65 bits per heavy atom. The lowest BCUT2D eigenvalue weighted by molar-refractivity contribution is -0.132. The van der Waals surface area contributed by atoms with Crippen LogP contribution < -0.4 is 0 Å². The van der Waals surface area contributed by atoms with Crippen LogP contribution in [0.1, 0.15) is 47.0 Å². The van der Waals surface area contributed by atoms with Crippen LogP contribution in [-0.2, 0) is 11.2 Å². The minimum Gasteiger partial charge on any atom is -0.478 e. The number of benzene rings is 1. The quantitative estimate of drug-likeness (QED) is 0.919. The van der Waals surface area contributed by atoms with E-state index in [9.17, 15) is 9.59 Å². The molecule has 1 saturated heterocycles. The third kappa shape index (κ3) is 3.44. The topological polar surface area (TPSA) is 70.8 Å². The van der Waals surface area contributed by atoms with E-state index in [-0.39, 0.29) is 17.5 Å². The van der Waals surface area contributed by atoms with E-state index in [0.29, 0.717) is 12.8 Å². The Morgan fingerprint density at radius 1 is 1.22 bits per heavy atom. The van der Waals surface area contributed by atoms with Gasteiger partial charge in [-0.1, -0.05) is 12.1 Å². The molecule has 1 atom stereocenters. The summed E-state index contributed by atoms with van der Waals surface area (Å²) in [5, 5.41) is 8.89. The highest BCUT2D eigenvalue weighted by Gasteiger charge is 2.31. The summed E-state index contributed by atoms with van der Waals surface area (Å²) in [5.41, 5.74) is 1.23. The Hall–Kier alpha value is -2.56. The maximum Gasteiger partial charge on any atom is 0.335 e. The largest absolute Gasteiger partial charge is 0.478 e. The summed E-state index contributed by atoms with van der Waals surface area (Å²) in [4.78, 5) is 25.2. The van der Waals surface area contributed by atoms with Crippen LogP contribution in [0, 0.1) is 0 Å². The van der Waals surface area contributed by atoms with Crippen molar-refractivity contribution in [3.8, 4) is 0 Å². The van der Waals surface area contributed by atoms with Crippen LogP contribution in [-0.4, -0.2) is 28.4 Å². The van der Waals surface area contributed by atoms with Gasteiger partial charge in [-0.15, -0.1) is 0 Å². The Labute approximate surface area is 134 Å². The van der Waals surface area contributed by atoms with Gasteiger partial charge in [0.1, 0.15) is 5.76 Å². The number of hydrogen-bond donors (Lipinski definition) is 1. The molecule has 2 aromatic rings. The van der Waals surface area contributed by atoms with Crippen molar-refractivity contribution in [1.29, 1.82) is 0 Å². The molecule has 23 heavy (non-hydrogen) atoms. The molecule has 0 unspecified atom stereocenters. The molecule has 5 heteroatoms. The zero-order chi connectivity index (χ0) is 16.2. The fourth-order valence-electron chi connectivity index (χ4n) is 3.05. The smallest absolute Gasteiger partial charge is 0.335 e. The summed E-state index contributed by atoms with van der Waals surface area (Å²) in [7, 11) is 0. The average Bonchev–Trinajstić information content (AvgIpc) is 3.23. The first-order valence-corrected chi connectivity index (χ1v) is 7.80. The molecule has 1 aliphatic heterocycles. The van der Waals surface area contributed by atoms with E-state index < -0.39 is 5.97 Å². The van der Waals surface area contributed by atoms with Crippen LogP contribution in [0.3, 0.4) is 0 Å². The van der Waals surface area contributed by atoms with E-state index in [1.165, 1.54) is 0 Å². The summed E-state index contributed by atoms with van der Waals surface area (Å²) in [5.74, 6) is 0.0267. The first-order valence-electron chi connectivity index (χ1n) is 7.80. The van der Waals surface area contributed by atoms with Crippen molar-refractivity contribution in [3.63, 3.8) is 0 Å². The van der Waals surface area contributed by atoms with Crippen molar-refractivity contribution < 1.29 is 19.1 Å². The first-order chi connectivity index (χ1) is 11.1. The molecule has 120 valence electrons. The molecular weight excluding hydrogens is 294 g/mol. The van der Waals surface area contributed by atoms with Crippen molar-refractivity contribution in [2.75, 3.05) is 6.54 Å². The lowest BCUT2D eigenvalue weighted by atomic mass is 10.1. The Balaban J connectivity index is 1.59. The van der Waals surface area contributed by atoms with E-state index in [4.69, 9.17) is 9.52 Å². The molecular formula is C18H19NO4. The molecule has 1 aromatic heterocycles. The van der Waals surface area contributed by atoms with E-state index in [1.807, 2.05) is 17.0 Å². The van der Waals surface area contributed by atoms with Gasteiger partial charge in [0.25, 0.3) is 0 Å². The van der Waals surface area contributed by atoms with Gasteiger partial charge in [0.05, 0.1) is 17.9 Å². The highest BCUT2D eigenvalue weighted by atomic mass is 16.4. The minimum absolute atomic E-state index is 0.0480. The number of aromatic carboxylic acids is 1. The minimum atomic E-state index is -0.939. The molecule has 1 aromatic carbocycles. The molecule has 0 aliphatic carbocycles. The maximum atomic E-state index is 12.5. The predicted octanol–water partition coefficient (Wildman–Crippen LogP) is 3.27. The summed E-state index contributed by atoms with van der Waals surface area (Å²) in [6.45, 7) is 0.766. The highest BCUT2D eigenvalue weighted by Crippen LogP contribution is 2.32. The summed E-state index contributed by atoms with van der Waals surface area (Å²) < 4.78 is 5.45. The van der Waals surface area contributed by atoms with Crippen LogP contribution in [0.25, 0.3) is 0 Å². The molecule has 2 heterocycles. The molecule has 1 amide bonds. The Morgan fingerprint density at radius 2 is 2.00 bits per heavy atom. The summed E-state index contributed by atoms with van der Waals surface area (Å²) in [6.07, 6.45) is 4.60. The van der Waals surface area contributed by atoms with Crippen molar-refractivity contribution in [1.82, 2.24) is 4.90 Å². The van der Waals surface area contributed by atoms with Crippen molar-refractivity contribution in [2.24, 2.45) is 0 Å². The maximum absolute atomic E-state index is 12.5. The Bertz CT molecular complexity index is 676. The second kappa shape index (κ2) is 6.69. The monoisotopic (exact) mass is 313 g/mol. The van der Waals surface area contributed by atoms with Crippen molar-refractivity contribution >= 4 is 11.9 Å². The molecule has 0 bridgehead atoms. The average molecular weight is 313 g/mol. The van der Waals surface area contributed by atoms with Crippen LogP contribution >= 0.6 is 0 Å². The van der Waals surface area contributed by atoms with Gasteiger partial charge in [-0.05, 0) is 49.1 Å². The standard InChI is InChI=1S/C18H19NO4/c20-17(10-7-13-5-8-14(9-6-13)18(21)22)19-11-1-3-15(19)16-4-2-12-23-16/h2,4-6,8-9,12,15H,1,3,7,10-11H2,(H,21,22)/t15-/m0/s1. The van der Waals surface area contributed by atoms with E-state index >= 15 is 0 Å². The van der Waals surface area contributed by atoms with Gasteiger partial charge >= 0.3 is 5.97 Å². The number of hydrogen-bond acceptors (Lipinski definition) is 3. The normalized spacial score (nSPS) is 17.4. The lowest BCUT2D eigenvalue weighted by Crippen LogP contribution is -2.30. The number of carbonyl (C=O) groups is 2. The SMILES string of the molecule is O=C(O)c1ccc(CCC(=O)N2CCC[C@H]2c2ccco2)cc1. The van der Waals surface area contributed by atoms with Crippen LogP contribution in [0.5, 0.6) is 0 Å². The molecule has 0 saturated carbocycles. The highest BCUT2D eigenvalue weighted by molar-refractivity contribution is 5.87. The van der Waals surface area contributed by atoms with Gasteiger partial charge in [0.15, 0.2) is 0 Å². The fraction of sp³-hybridized carbons (Fsp3) is 0.333. The molecule has 5 nitrogen and oxygen atoms in total. The number of aryl methyl sites for hydroxylation is 1. The molecule has 0 radical (unpaired) electrons. The zero-order valence-electron chi connectivity index (χ0n) is 12.8. The van der Waals surface area contributed by atoms with Crippen molar-refractivity contribution in [2.45, 2.75) is 31.7 Å². The van der Waals surface area contributed by atoms with E-state index in [2.05, 4.69) is 0 Å². The van der Waals surface area contributed by atoms with Gasteiger partial charge in [-0.2, -0.15) is 0 Å². The molecule has 3 rings (SSSR count). The number of rotatable bonds is 5. The second-order valence-corrected chi connectivity index (χ2v) is 5.76. The van der Waals surface area contributed by atoms with Gasteiger partial charge in [0, 0.05) is 13.0 Å². The number of carbonyl (C=O) groups excluding carboxylic acids is 1. The Kier molecular flexibility index (Phi) is 4.46. The number of carboxylic acids is 1. The molecule has 1 aliphatic rings. The van der Waals surface area contributed by atoms with Gasteiger partial charge in [-0.25, -0.2) is 4.79 Å². The number of amides is 1. The summed E-state index contributed by atoms with van der Waals surface area (Å²) in [6, 6.07) is 10.5. The third-order valence-corrected chi connectivity index (χ3v) is 4.27. The van der Waals surface area contributed by atoms with Crippen LogP contribution in [0.2, 0.25) is 0 Å². The molecule has 0 spiro atoms. The summed E-state index contributed by atoms with van der Waals surface area (Å²) >= 11 is 0. The molecule has 1 fully saturated rings. The number of nitrogens with zero attached hydrogens (tertiary/aromatic N) is 1.